The van der Waals surface area contributed by atoms with Crippen LogP contribution in [0.4, 0.5) is 20.2 Å². The number of carbonyl (C=O) groups is 1. The standard InChI is InChI=1S/C15H11F2IN4O3S/c16-9-5-7(18)1-2-10(9)19-13-8(15(24)21-25-4-3-23)6-11-14(12(13)17)20-22-26-11/h1-2,5-6,19,23H,3-4H2,(H,21,24). The van der Waals surface area contributed by atoms with E-state index in [1.165, 1.54) is 18.2 Å². The molecule has 3 aromatic rings. The highest BCUT2D eigenvalue weighted by Crippen LogP contribution is 2.32. The Morgan fingerprint density at radius 2 is 2.15 bits per heavy atom. The molecule has 1 aromatic heterocycles. The number of hydroxylamine groups is 1. The largest absolute Gasteiger partial charge is 0.394 e. The quantitative estimate of drug-likeness (QED) is 0.278. The van der Waals surface area contributed by atoms with Gasteiger partial charge >= 0.3 is 0 Å². The van der Waals surface area contributed by atoms with Crippen LogP contribution >= 0.6 is 34.1 Å². The molecule has 0 radical (unpaired) electrons. The van der Waals surface area contributed by atoms with Crippen molar-refractivity contribution >= 4 is 61.6 Å². The zero-order valence-corrected chi connectivity index (χ0v) is 15.9. The Bertz CT molecular complexity index is 969. The van der Waals surface area contributed by atoms with Gasteiger partial charge in [0.25, 0.3) is 5.91 Å². The number of nitrogens with one attached hydrogen (secondary N) is 2. The molecule has 0 saturated heterocycles. The van der Waals surface area contributed by atoms with Gasteiger partial charge in [-0.1, -0.05) is 4.49 Å². The number of amides is 1. The lowest BCUT2D eigenvalue weighted by Crippen LogP contribution is -2.26. The number of hydrogen-bond donors (Lipinski definition) is 3. The molecule has 3 N–H and O–H groups in total. The summed E-state index contributed by atoms with van der Waals surface area (Å²) in [6.07, 6.45) is 0. The van der Waals surface area contributed by atoms with E-state index in [0.717, 1.165) is 11.5 Å². The molecule has 7 nitrogen and oxygen atoms in total. The average Bonchev–Trinajstić information content (AvgIpc) is 3.08. The van der Waals surface area contributed by atoms with Crippen molar-refractivity contribution in [1.82, 2.24) is 15.1 Å². The summed E-state index contributed by atoms with van der Waals surface area (Å²) in [6.45, 7) is -0.432. The van der Waals surface area contributed by atoms with Crippen molar-refractivity contribution in [2.45, 2.75) is 0 Å². The predicted octanol–water partition coefficient (Wildman–Crippen LogP) is 2.97. The fourth-order valence-corrected chi connectivity index (χ4v) is 3.18. The van der Waals surface area contributed by atoms with E-state index in [0.29, 0.717) is 8.27 Å². The van der Waals surface area contributed by atoms with Crippen molar-refractivity contribution < 1.29 is 23.5 Å². The minimum Gasteiger partial charge on any atom is -0.394 e. The molecule has 1 heterocycles. The van der Waals surface area contributed by atoms with E-state index in [1.54, 1.807) is 6.07 Å². The van der Waals surface area contributed by atoms with Gasteiger partial charge in [0.1, 0.15) is 11.3 Å². The van der Waals surface area contributed by atoms with Crippen molar-refractivity contribution in [3.8, 4) is 0 Å². The van der Waals surface area contributed by atoms with Crippen LogP contribution in [0, 0.1) is 15.2 Å². The first-order valence-corrected chi connectivity index (χ1v) is 9.06. The van der Waals surface area contributed by atoms with Crippen LogP contribution in [0.3, 0.4) is 0 Å². The van der Waals surface area contributed by atoms with Crippen LogP contribution in [0.2, 0.25) is 0 Å². The Hall–Kier alpha value is -1.96. The zero-order valence-electron chi connectivity index (χ0n) is 12.9. The molecule has 0 fully saturated rings. The summed E-state index contributed by atoms with van der Waals surface area (Å²) in [6, 6.07) is 5.72. The van der Waals surface area contributed by atoms with Crippen LogP contribution in [0.1, 0.15) is 10.4 Å². The van der Waals surface area contributed by atoms with Gasteiger partial charge in [-0.15, -0.1) is 5.10 Å². The van der Waals surface area contributed by atoms with Gasteiger partial charge in [-0.25, -0.2) is 14.3 Å². The molecule has 26 heavy (non-hydrogen) atoms. The van der Waals surface area contributed by atoms with Crippen molar-refractivity contribution in [3.05, 3.63) is 45.0 Å². The Morgan fingerprint density at radius 3 is 2.88 bits per heavy atom. The maximum atomic E-state index is 14.9. The lowest BCUT2D eigenvalue weighted by atomic mass is 10.1. The number of aliphatic hydroxyl groups excluding tert-OH is 1. The van der Waals surface area contributed by atoms with Gasteiger partial charge in [-0.3, -0.25) is 9.63 Å². The topological polar surface area (TPSA) is 96.4 Å². The van der Waals surface area contributed by atoms with E-state index in [4.69, 9.17) is 9.94 Å². The minimum atomic E-state index is -0.832. The summed E-state index contributed by atoms with van der Waals surface area (Å²) in [5, 5.41) is 15.0. The third-order valence-corrected chi connectivity index (χ3v) is 4.62. The summed E-state index contributed by atoms with van der Waals surface area (Å²) >= 11 is 2.86. The number of halogens is 3. The summed E-state index contributed by atoms with van der Waals surface area (Å²) in [5.41, 5.74) is 1.70. The summed E-state index contributed by atoms with van der Waals surface area (Å²) in [4.78, 5) is 17.1. The number of nitrogens with zero attached hydrogens (tertiary/aromatic N) is 2. The van der Waals surface area contributed by atoms with Crippen LogP contribution in [0.25, 0.3) is 10.2 Å². The van der Waals surface area contributed by atoms with Gasteiger partial charge in [0.15, 0.2) is 5.82 Å². The molecule has 1 amide bonds. The summed E-state index contributed by atoms with van der Waals surface area (Å²) < 4.78 is 33.7. The molecule has 0 spiro atoms. The highest BCUT2D eigenvalue weighted by atomic mass is 127. The van der Waals surface area contributed by atoms with Gasteiger partial charge < -0.3 is 10.4 Å². The lowest BCUT2D eigenvalue weighted by Gasteiger charge is -2.14. The Labute approximate surface area is 163 Å². The second kappa shape index (κ2) is 8.16. The highest BCUT2D eigenvalue weighted by Gasteiger charge is 2.22. The molecule has 0 unspecified atom stereocenters. The highest BCUT2D eigenvalue weighted by molar-refractivity contribution is 14.1. The molecular weight excluding hydrogens is 481 g/mol. The second-order valence-electron chi connectivity index (χ2n) is 4.99. The minimum absolute atomic E-state index is 0.00261. The van der Waals surface area contributed by atoms with Crippen LogP contribution < -0.4 is 10.8 Å². The number of carbonyl (C=O) groups excluding carboxylic acids is 1. The molecule has 136 valence electrons. The monoisotopic (exact) mass is 492 g/mol. The van der Waals surface area contributed by atoms with Crippen molar-refractivity contribution in [3.63, 3.8) is 0 Å². The van der Waals surface area contributed by atoms with Crippen molar-refractivity contribution in [2.75, 3.05) is 18.5 Å². The third-order valence-electron chi connectivity index (χ3n) is 3.28. The van der Waals surface area contributed by atoms with E-state index in [1.807, 2.05) is 22.6 Å². The number of benzene rings is 2. The van der Waals surface area contributed by atoms with E-state index < -0.39 is 17.5 Å². The van der Waals surface area contributed by atoms with E-state index in [9.17, 15) is 13.6 Å². The number of hydrogen-bond acceptors (Lipinski definition) is 7. The Kier molecular flexibility index (Phi) is 5.90. The molecular formula is C15H11F2IN4O3S. The average molecular weight is 492 g/mol. The van der Waals surface area contributed by atoms with Crippen LogP contribution in [0.15, 0.2) is 24.3 Å². The van der Waals surface area contributed by atoms with Gasteiger partial charge in [0.05, 0.1) is 34.9 Å². The molecule has 3 rings (SSSR count). The number of aliphatic hydroxyl groups is 1. The van der Waals surface area contributed by atoms with Gasteiger partial charge in [0.2, 0.25) is 0 Å². The lowest BCUT2D eigenvalue weighted by molar-refractivity contribution is 0.0169. The van der Waals surface area contributed by atoms with Gasteiger partial charge in [-0.05, 0) is 58.4 Å². The van der Waals surface area contributed by atoms with Gasteiger partial charge in [0, 0.05) is 3.57 Å². The first-order chi connectivity index (χ1) is 12.5. The fraction of sp³-hybridized carbons (Fsp3) is 0.133. The second-order valence-corrected chi connectivity index (χ2v) is 7.02. The molecule has 11 heteroatoms. The molecule has 0 aliphatic carbocycles. The zero-order chi connectivity index (χ0) is 18.7. The van der Waals surface area contributed by atoms with Gasteiger partial charge in [-0.2, -0.15) is 0 Å². The third kappa shape index (κ3) is 3.90. The SMILES string of the molecule is O=C(NOCCO)c1cc2snnc2c(F)c1Nc1ccc(I)cc1F. The Morgan fingerprint density at radius 1 is 1.35 bits per heavy atom. The first kappa shape index (κ1) is 18.8. The van der Waals surface area contributed by atoms with Crippen LogP contribution in [-0.4, -0.2) is 33.8 Å². The maximum absolute atomic E-state index is 14.9. The summed E-state index contributed by atoms with van der Waals surface area (Å²) in [5.74, 6) is -2.20. The predicted molar refractivity (Wildman–Crippen MR) is 100 cm³/mol. The normalized spacial score (nSPS) is 10.9. The fourth-order valence-electron chi connectivity index (χ4n) is 2.13. The molecule has 0 aliphatic rings. The van der Waals surface area contributed by atoms with Crippen LogP contribution in [0.5, 0.6) is 0 Å². The van der Waals surface area contributed by atoms with Crippen LogP contribution in [-0.2, 0) is 4.84 Å². The molecule has 0 bridgehead atoms. The van der Waals surface area contributed by atoms with Crippen molar-refractivity contribution in [1.29, 1.82) is 0 Å². The van der Waals surface area contributed by atoms with E-state index >= 15 is 0 Å². The smallest absolute Gasteiger partial charge is 0.277 e. The van der Waals surface area contributed by atoms with Crippen molar-refractivity contribution in [2.24, 2.45) is 0 Å². The first-order valence-electron chi connectivity index (χ1n) is 7.21. The number of aromatic nitrogens is 2. The summed E-state index contributed by atoms with van der Waals surface area (Å²) in [7, 11) is 0. The van der Waals surface area contributed by atoms with E-state index in [-0.39, 0.29) is 35.7 Å². The van der Waals surface area contributed by atoms with E-state index in [2.05, 4.69) is 20.4 Å². The molecule has 2 aromatic carbocycles. The maximum Gasteiger partial charge on any atom is 0.277 e. The molecule has 0 atom stereocenters. The molecule has 0 aliphatic heterocycles. The Balaban J connectivity index is 2.04. The number of rotatable bonds is 6. The number of fused-ring (bicyclic) bond motifs is 1. The molecule has 0 saturated carbocycles. The number of anilines is 2.